The maximum absolute atomic E-state index is 15.3. The minimum absolute atomic E-state index is 0.0139. The number of nitrogens with zero attached hydrogens (tertiary/aromatic N) is 4. The SMILES string of the molecule is CC(C)n1cc(-c2ccnc(NCCN)n2)c(-c2cc(Cl)cc(NS(C)(=O)=O)c2F)n1. The third-order valence-corrected chi connectivity index (χ3v) is 5.02. The van der Waals surface area contributed by atoms with E-state index in [-0.39, 0.29) is 28.0 Å². The third kappa shape index (κ3) is 5.49. The van der Waals surface area contributed by atoms with Crippen molar-refractivity contribution in [2.45, 2.75) is 19.9 Å². The molecule has 0 bridgehead atoms. The van der Waals surface area contributed by atoms with Crippen LogP contribution < -0.4 is 15.8 Å². The molecule has 166 valence electrons. The Balaban J connectivity index is 2.19. The van der Waals surface area contributed by atoms with Gasteiger partial charge in [-0.25, -0.2) is 22.8 Å². The normalized spacial score (nSPS) is 11.7. The first-order chi connectivity index (χ1) is 14.6. The predicted octanol–water partition coefficient (Wildman–Crippen LogP) is 3.12. The van der Waals surface area contributed by atoms with Crippen LogP contribution in [0.15, 0.2) is 30.6 Å². The molecular weight excluding hydrogens is 445 g/mol. The van der Waals surface area contributed by atoms with Crippen molar-refractivity contribution in [3.05, 3.63) is 41.4 Å². The van der Waals surface area contributed by atoms with Gasteiger partial charge in [0.2, 0.25) is 16.0 Å². The van der Waals surface area contributed by atoms with Crippen molar-refractivity contribution >= 4 is 33.3 Å². The van der Waals surface area contributed by atoms with E-state index in [1.165, 1.54) is 12.1 Å². The zero-order chi connectivity index (χ0) is 22.8. The second-order valence-electron chi connectivity index (χ2n) is 7.14. The quantitative estimate of drug-likeness (QED) is 0.464. The van der Waals surface area contributed by atoms with Gasteiger partial charge in [0.15, 0.2) is 5.82 Å². The van der Waals surface area contributed by atoms with E-state index < -0.39 is 15.8 Å². The first kappa shape index (κ1) is 22.9. The zero-order valence-electron chi connectivity index (χ0n) is 17.2. The molecule has 0 atom stereocenters. The molecule has 4 N–H and O–H groups in total. The molecule has 0 aliphatic carbocycles. The summed E-state index contributed by atoms with van der Waals surface area (Å²) in [4.78, 5) is 8.63. The molecule has 3 rings (SSSR count). The van der Waals surface area contributed by atoms with Gasteiger partial charge >= 0.3 is 0 Å². The number of anilines is 2. The Bertz CT molecular complexity index is 1200. The molecule has 0 radical (unpaired) electrons. The van der Waals surface area contributed by atoms with Crippen LogP contribution in [0.5, 0.6) is 0 Å². The van der Waals surface area contributed by atoms with Gasteiger partial charge < -0.3 is 11.1 Å². The second-order valence-corrected chi connectivity index (χ2v) is 9.32. The average molecular weight is 468 g/mol. The van der Waals surface area contributed by atoms with E-state index in [9.17, 15) is 8.42 Å². The highest BCUT2D eigenvalue weighted by molar-refractivity contribution is 7.92. The van der Waals surface area contributed by atoms with Crippen LogP contribution >= 0.6 is 11.6 Å². The highest BCUT2D eigenvalue weighted by Crippen LogP contribution is 2.37. The Labute approximate surface area is 184 Å². The number of halogens is 2. The summed E-state index contributed by atoms with van der Waals surface area (Å²) in [6.45, 7) is 4.76. The van der Waals surface area contributed by atoms with Gasteiger partial charge in [-0.2, -0.15) is 5.10 Å². The van der Waals surface area contributed by atoms with Gasteiger partial charge in [0.25, 0.3) is 0 Å². The fourth-order valence-corrected chi connectivity index (χ4v) is 3.62. The lowest BCUT2D eigenvalue weighted by molar-refractivity contribution is 0.533. The number of nitrogens with two attached hydrogens (primary N) is 1. The van der Waals surface area contributed by atoms with Crippen molar-refractivity contribution in [3.8, 4) is 22.5 Å². The van der Waals surface area contributed by atoms with Gasteiger partial charge in [0.05, 0.1) is 17.6 Å². The molecule has 0 amide bonds. The van der Waals surface area contributed by atoms with Gasteiger partial charge in [-0.05, 0) is 32.0 Å². The van der Waals surface area contributed by atoms with Gasteiger partial charge in [-0.3, -0.25) is 9.40 Å². The van der Waals surface area contributed by atoms with E-state index in [4.69, 9.17) is 17.3 Å². The molecule has 31 heavy (non-hydrogen) atoms. The first-order valence-electron chi connectivity index (χ1n) is 9.42. The van der Waals surface area contributed by atoms with Gasteiger partial charge in [0, 0.05) is 47.7 Å². The van der Waals surface area contributed by atoms with Crippen LogP contribution in [0.1, 0.15) is 19.9 Å². The number of aromatic nitrogens is 4. The predicted molar refractivity (Wildman–Crippen MR) is 120 cm³/mol. The number of benzene rings is 1. The van der Waals surface area contributed by atoms with Gasteiger partial charge in [-0.1, -0.05) is 11.6 Å². The molecule has 0 spiro atoms. The number of hydrogen-bond donors (Lipinski definition) is 3. The molecule has 0 fully saturated rings. The van der Waals surface area contributed by atoms with E-state index in [1.54, 1.807) is 23.1 Å². The summed E-state index contributed by atoms with van der Waals surface area (Å²) in [6.07, 6.45) is 4.25. The zero-order valence-corrected chi connectivity index (χ0v) is 18.8. The molecule has 2 heterocycles. The van der Waals surface area contributed by atoms with Crippen LogP contribution in [0.2, 0.25) is 5.02 Å². The van der Waals surface area contributed by atoms with Crippen molar-refractivity contribution in [2.24, 2.45) is 5.73 Å². The summed E-state index contributed by atoms with van der Waals surface area (Å²) >= 11 is 6.17. The minimum Gasteiger partial charge on any atom is -0.353 e. The van der Waals surface area contributed by atoms with Crippen LogP contribution in [0.4, 0.5) is 16.0 Å². The lowest BCUT2D eigenvalue weighted by atomic mass is 10.0. The molecule has 0 saturated carbocycles. The number of sulfonamides is 1. The molecule has 3 aromatic rings. The largest absolute Gasteiger partial charge is 0.353 e. The Morgan fingerprint density at radius 2 is 2.03 bits per heavy atom. The lowest BCUT2D eigenvalue weighted by Gasteiger charge is -2.11. The van der Waals surface area contributed by atoms with E-state index >= 15 is 4.39 Å². The van der Waals surface area contributed by atoms with Gasteiger partial charge in [-0.15, -0.1) is 0 Å². The lowest BCUT2D eigenvalue weighted by Crippen LogP contribution is -2.14. The molecular formula is C19H23ClFN7O2S. The molecule has 0 saturated heterocycles. The topological polar surface area (TPSA) is 128 Å². The van der Waals surface area contributed by atoms with Crippen LogP contribution in [-0.2, 0) is 10.0 Å². The molecule has 9 nitrogen and oxygen atoms in total. The number of hydrogen-bond acceptors (Lipinski definition) is 7. The average Bonchev–Trinajstić information content (AvgIpc) is 3.13. The van der Waals surface area contributed by atoms with Crippen molar-refractivity contribution in [2.75, 3.05) is 29.4 Å². The Morgan fingerprint density at radius 1 is 1.29 bits per heavy atom. The molecule has 0 unspecified atom stereocenters. The van der Waals surface area contributed by atoms with Crippen LogP contribution in [0, 0.1) is 5.82 Å². The first-order valence-corrected chi connectivity index (χ1v) is 11.7. The Kier molecular flexibility index (Phi) is 6.77. The van der Waals surface area contributed by atoms with Gasteiger partial charge in [0.1, 0.15) is 5.69 Å². The molecule has 1 aromatic carbocycles. The van der Waals surface area contributed by atoms with Crippen LogP contribution in [0.3, 0.4) is 0 Å². The third-order valence-electron chi connectivity index (χ3n) is 4.21. The van der Waals surface area contributed by atoms with E-state index in [0.29, 0.717) is 30.3 Å². The molecule has 0 aliphatic heterocycles. The molecule has 0 aliphatic rings. The standard InChI is InChI=1S/C19H23ClFN7O2S/c1-11(2)28-10-14(15-4-6-23-19(25-15)24-7-5-22)18(26-28)13-8-12(20)9-16(17(13)21)27-31(3,29)30/h4,6,8-11,27H,5,7,22H2,1-3H3,(H,23,24,25). The summed E-state index contributed by atoms with van der Waals surface area (Å²) in [5.74, 6) is -0.419. The smallest absolute Gasteiger partial charge is 0.229 e. The number of nitrogens with one attached hydrogen (secondary N) is 2. The number of rotatable bonds is 8. The second kappa shape index (κ2) is 9.16. The van der Waals surface area contributed by atoms with E-state index in [2.05, 4.69) is 25.1 Å². The molecule has 2 aromatic heterocycles. The van der Waals surface area contributed by atoms with Crippen molar-refractivity contribution in [3.63, 3.8) is 0 Å². The fraction of sp³-hybridized carbons (Fsp3) is 0.316. The highest BCUT2D eigenvalue weighted by Gasteiger charge is 2.22. The van der Waals surface area contributed by atoms with Crippen LogP contribution in [0.25, 0.3) is 22.5 Å². The van der Waals surface area contributed by atoms with Crippen LogP contribution in [-0.4, -0.2) is 47.5 Å². The van der Waals surface area contributed by atoms with E-state index in [1.807, 2.05) is 13.8 Å². The maximum atomic E-state index is 15.3. The van der Waals surface area contributed by atoms with Crippen molar-refractivity contribution in [1.82, 2.24) is 19.7 Å². The van der Waals surface area contributed by atoms with Crippen molar-refractivity contribution < 1.29 is 12.8 Å². The summed E-state index contributed by atoms with van der Waals surface area (Å²) in [7, 11) is -3.71. The highest BCUT2D eigenvalue weighted by atomic mass is 35.5. The molecule has 12 heteroatoms. The monoisotopic (exact) mass is 467 g/mol. The minimum atomic E-state index is -3.71. The maximum Gasteiger partial charge on any atom is 0.229 e. The summed E-state index contributed by atoms with van der Waals surface area (Å²) < 4.78 is 42.4. The fourth-order valence-electron chi connectivity index (χ4n) is 2.86. The Morgan fingerprint density at radius 3 is 2.68 bits per heavy atom. The van der Waals surface area contributed by atoms with Crippen molar-refractivity contribution in [1.29, 1.82) is 0 Å². The summed E-state index contributed by atoms with van der Waals surface area (Å²) in [5, 5.41) is 7.68. The summed E-state index contributed by atoms with van der Waals surface area (Å²) in [5.41, 5.74) is 6.62. The summed E-state index contributed by atoms with van der Waals surface area (Å²) in [6, 6.07) is 4.27. The van der Waals surface area contributed by atoms with E-state index in [0.717, 1.165) is 6.26 Å². The Hall–Kier alpha value is -2.76.